The third kappa shape index (κ3) is 4.08. The fraction of sp³-hybridized carbons (Fsp3) is 0.231. The summed E-state index contributed by atoms with van der Waals surface area (Å²) < 4.78 is 0.937. The Hall–Kier alpha value is -1.33. The lowest BCUT2D eigenvalue weighted by Gasteiger charge is -2.09. The van der Waals surface area contributed by atoms with Gasteiger partial charge in [-0.05, 0) is 24.6 Å². The quantitative estimate of drug-likeness (QED) is 0.843. The average molecular weight is 342 g/mol. The van der Waals surface area contributed by atoms with Crippen molar-refractivity contribution in [3.63, 3.8) is 0 Å². The summed E-state index contributed by atoms with van der Waals surface area (Å²) in [5, 5.41) is 6.97. The first kappa shape index (κ1) is 14.1. The Bertz CT molecular complexity index is 562. The average Bonchev–Trinajstić information content (AvgIpc) is 2.40. The van der Waals surface area contributed by atoms with Gasteiger partial charge in [0.25, 0.3) is 0 Å². The predicted octanol–water partition coefficient (Wildman–Crippen LogP) is 4.46. The zero-order valence-corrected chi connectivity index (χ0v) is 12.8. The molecule has 0 atom stereocenters. The van der Waals surface area contributed by atoms with Gasteiger partial charge in [0.2, 0.25) is 0 Å². The molecule has 1 aromatic heterocycles. The lowest BCUT2D eigenvalue weighted by atomic mass is 10.3. The largest absolute Gasteiger partial charge is 0.369 e. The van der Waals surface area contributed by atoms with E-state index in [9.17, 15) is 0 Å². The monoisotopic (exact) mass is 340 g/mol. The van der Waals surface area contributed by atoms with E-state index in [2.05, 4.69) is 43.5 Å². The first-order valence-corrected chi connectivity index (χ1v) is 7.14. The van der Waals surface area contributed by atoms with Crippen LogP contribution >= 0.6 is 27.5 Å². The van der Waals surface area contributed by atoms with Gasteiger partial charge in [-0.3, -0.25) is 4.98 Å². The molecule has 0 bridgehead atoms. The maximum absolute atomic E-state index is 6.15. The summed E-state index contributed by atoms with van der Waals surface area (Å²) in [4.78, 5) is 8.56. The molecular weight excluding hydrogens is 328 g/mol. The van der Waals surface area contributed by atoms with E-state index < -0.39 is 0 Å². The van der Waals surface area contributed by atoms with Gasteiger partial charge in [0, 0.05) is 11.0 Å². The summed E-state index contributed by atoms with van der Waals surface area (Å²) in [7, 11) is 0. The number of rotatable bonds is 5. The van der Waals surface area contributed by atoms with E-state index in [1.54, 1.807) is 12.4 Å². The van der Waals surface area contributed by atoms with E-state index in [0.29, 0.717) is 10.8 Å². The fourth-order valence-electron chi connectivity index (χ4n) is 1.49. The van der Waals surface area contributed by atoms with Crippen LogP contribution in [-0.4, -0.2) is 16.5 Å². The number of anilines is 3. The molecule has 0 spiro atoms. The second-order valence-corrected chi connectivity index (χ2v) is 5.29. The molecule has 0 fully saturated rings. The van der Waals surface area contributed by atoms with Crippen LogP contribution in [0.5, 0.6) is 0 Å². The third-order valence-corrected chi connectivity index (χ3v) is 3.19. The summed E-state index contributed by atoms with van der Waals surface area (Å²) >= 11 is 9.52. The van der Waals surface area contributed by atoms with Gasteiger partial charge in [0.05, 0.1) is 23.1 Å². The molecule has 1 heterocycles. The van der Waals surface area contributed by atoms with E-state index in [4.69, 9.17) is 11.6 Å². The Morgan fingerprint density at radius 3 is 2.79 bits per heavy atom. The Labute approximate surface area is 125 Å². The second kappa shape index (κ2) is 6.73. The molecule has 2 N–H and O–H groups in total. The maximum Gasteiger partial charge on any atom is 0.151 e. The molecule has 0 aliphatic carbocycles. The van der Waals surface area contributed by atoms with Crippen LogP contribution in [0.15, 0.2) is 35.1 Å². The van der Waals surface area contributed by atoms with Gasteiger partial charge in [-0.15, -0.1) is 0 Å². The zero-order chi connectivity index (χ0) is 13.7. The highest BCUT2D eigenvalue weighted by molar-refractivity contribution is 9.10. The molecule has 0 amide bonds. The van der Waals surface area contributed by atoms with Crippen molar-refractivity contribution in [2.45, 2.75) is 13.3 Å². The number of nitrogens with one attached hydrogen (secondary N) is 2. The Morgan fingerprint density at radius 1 is 1.26 bits per heavy atom. The van der Waals surface area contributed by atoms with E-state index in [1.807, 2.05) is 18.2 Å². The Kier molecular flexibility index (Phi) is 4.99. The number of hydrogen-bond acceptors (Lipinski definition) is 4. The van der Waals surface area contributed by atoms with Crippen LogP contribution in [0.25, 0.3) is 0 Å². The van der Waals surface area contributed by atoms with Gasteiger partial charge in [0.15, 0.2) is 5.82 Å². The standard InChI is InChI=1S/C13H14BrClN4/c1-2-5-17-12-7-16-8-13(19-12)18-11-4-3-9(14)6-10(11)15/h3-4,6-8H,2,5H2,1H3,(H2,17,18,19). The van der Waals surface area contributed by atoms with Crippen molar-refractivity contribution in [1.29, 1.82) is 0 Å². The minimum atomic E-state index is 0.628. The van der Waals surface area contributed by atoms with E-state index >= 15 is 0 Å². The van der Waals surface area contributed by atoms with Crippen LogP contribution in [0.2, 0.25) is 5.02 Å². The smallest absolute Gasteiger partial charge is 0.151 e. The van der Waals surface area contributed by atoms with Crippen molar-refractivity contribution in [2.75, 3.05) is 17.2 Å². The summed E-state index contributed by atoms with van der Waals surface area (Å²) in [5.41, 5.74) is 0.798. The van der Waals surface area contributed by atoms with Crippen molar-refractivity contribution in [1.82, 2.24) is 9.97 Å². The van der Waals surface area contributed by atoms with Crippen molar-refractivity contribution >= 4 is 44.9 Å². The molecule has 1 aromatic carbocycles. The molecule has 0 saturated carbocycles. The van der Waals surface area contributed by atoms with Crippen molar-refractivity contribution in [3.05, 3.63) is 40.1 Å². The van der Waals surface area contributed by atoms with E-state index in [1.165, 1.54) is 0 Å². The third-order valence-electron chi connectivity index (χ3n) is 2.38. The van der Waals surface area contributed by atoms with Crippen LogP contribution in [0, 0.1) is 0 Å². The fourth-order valence-corrected chi connectivity index (χ4v) is 2.21. The number of nitrogens with zero attached hydrogens (tertiary/aromatic N) is 2. The van der Waals surface area contributed by atoms with Crippen LogP contribution in [0.1, 0.15) is 13.3 Å². The normalized spacial score (nSPS) is 10.3. The molecule has 0 aliphatic heterocycles. The predicted molar refractivity (Wildman–Crippen MR) is 83.2 cm³/mol. The highest BCUT2D eigenvalue weighted by Crippen LogP contribution is 2.27. The second-order valence-electron chi connectivity index (χ2n) is 3.97. The maximum atomic E-state index is 6.15. The highest BCUT2D eigenvalue weighted by atomic mass is 79.9. The first-order chi connectivity index (χ1) is 9.19. The van der Waals surface area contributed by atoms with Crippen LogP contribution < -0.4 is 10.6 Å². The summed E-state index contributed by atoms with van der Waals surface area (Å²) in [6, 6.07) is 5.64. The van der Waals surface area contributed by atoms with Crippen molar-refractivity contribution < 1.29 is 0 Å². The molecule has 0 radical (unpaired) electrons. The van der Waals surface area contributed by atoms with E-state index in [0.717, 1.165) is 28.9 Å². The molecular formula is C13H14BrClN4. The topological polar surface area (TPSA) is 49.8 Å². The summed E-state index contributed by atoms with van der Waals surface area (Å²) in [6.07, 6.45) is 4.40. The van der Waals surface area contributed by atoms with E-state index in [-0.39, 0.29) is 0 Å². The minimum absolute atomic E-state index is 0.628. The Balaban J connectivity index is 2.14. The molecule has 100 valence electrons. The lowest BCUT2D eigenvalue weighted by molar-refractivity contribution is 0.965. The number of aromatic nitrogens is 2. The lowest BCUT2D eigenvalue weighted by Crippen LogP contribution is -2.04. The first-order valence-electron chi connectivity index (χ1n) is 5.97. The van der Waals surface area contributed by atoms with Gasteiger partial charge in [-0.25, -0.2) is 4.98 Å². The molecule has 4 nitrogen and oxygen atoms in total. The molecule has 0 aliphatic rings. The van der Waals surface area contributed by atoms with Gasteiger partial charge in [-0.1, -0.05) is 34.5 Å². The van der Waals surface area contributed by atoms with Gasteiger partial charge in [0.1, 0.15) is 5.82 Å². The number of halogens is 2. The highest BCUT2D eigenvalue weighted by Gasteiger charge is 2.03. The minimum Gasteiger partial charge on any atom is -0.369 e. The van der Waals surface area contributed by atoms with Gasteiger partial charge in [-0.2, -0.15) is 0 Å². The molecule has 0 unspecified atom stereocenters. The molecule has 2 rings (SSSR count). The van der Waals surface area contributed by atoms with Gasteiger partial charge < -0.3 is 10.6 Å². The van der Waals surface area contributed by atoms with Crippen LogP contribution in [-0.2, 0) is 0 Å². The van der Waals surface area contributed by atoms with Gasteiger partial charge >= 0.3 is 0 Å². The van der Waals surface area contributed by atoms with Crippen molar-refractivity contribution in [2.24, 2.45) is 0 Å². The number of benzene rings is 1. The van der Waals surface area contributed by atoms with Crippen LogP contribution in [0.3, 0.4) is 0 Å². The zero-order valence-electron chi connectivity index (χ0n) is 10.5. The molecule has 2 aromatic rings. The Morgan fingerprint density at radius 2 is 2.05 bits per heavy atom. The molecule has 6 heteroatoms. The van der Waals surface area contributed by atoms with Crippen molar-refractivity contribution in [3.8, 4) is 0 Å². The summed E-state index contributed by atoms with van der Waals surface area (Å²) in [5.74, 6) is 1.41. The van der Waals surface area contributed by atoms with Crippen LogP contribution in [0.4, 0.5) is 17.3 Å². The number of hydrogen-bond donors (Lipinski definition) is 2. The summed E-state index contributed by atoms with van der Waals surface area (Å²) in [6.45, 7) is 2.97. The SMILES string of the molecule is CCCNc1cncc(Nc2ccc(Br)cc2Cl)n1. The molecule has 19 heavy (non-hydrogen) atoms. The molecule has 0 saturated heterocycles.